The highest BCUT2D eigenvalue weighted by Gasteiger charge is 2.44. The van der Waals surface area contributed by atoms with Crippen LogP contribution < -0.4 is 0 Å². The molecule has 0 aliphatic heterocycles. The van der Waals surface area contributed by atoms with Crippen molar-refractivity contribution in [3.63, 3.8) is 0 Å². The van der Waals surface area contributed by atoms with Crippen molar-refractivity contribution in [3.8, 4) is 0 Å². The molecule has 0 amide bonds. The predicted octanol–water partition coefficient (Wildman–Crippen LogP) is -3.35. The third-order valence-corrected chi connectivity index (χ3v) is 5.20. The standard InChI is InChI=1S/C6H18B18/c1-13-20(12)21(18(8)9)14-22(23(15(2)3)16(4)5)24(17(6)7)19(10)11/h1-6H3. The second kappa shape index (κ2) is 11.8. The zero-order chi connectivity index (χ0) is 19.2. The number of hydrogen-bond donors (Lipinski definition) is 0. The highest BCUT2D eigenvalue weighted by atomic mass is 13.4. The molecule has 0 spiro atoms. The molecule has 0 saturated carbocycles. The minimum Gasteiger partial charge on any atom is -0.101 e. The van der Waals surface area contributed by atoms with E-state index in [0.717, 1.165) is 0 Å². The summed E-state index contributed by atoms with van der Waals surface area (Å²) in [5, 5.41) is 0. The maximum Gasteiger partial charge on any atom is 0.0850 e. The Labute approximate surface area is 165 Å². The van der Waals surface area contributed by atoms with Crippen LogP contribution in [0.15, 0.2) is 0 Å². The zero-order valence-corrected chi connectivity index (χ0v) is 16.4. The van der Waals surface area contributed by atoms with Crippen molar-refractivity contribution in [3.05, 3.63) is 0 Å². The molecule has 96 valence electrons. The van der Waals surface area contributed by atoms with E-state index < -0.39 is 12.8 Å². The Morgan fingerprint density at radius 1 is 0.625 bits per heavy atom. The van der Waals surface area contributed by atoms with Gasteiger partial charge in [0, 0.05) is 105 Å². The van der Waals surface area contributed by atoms with Gasteiger partial charge in [-0.2, -0.15) is 0 Å². The largest absolute Gasteiger partial charge is 0.101 e. The van der Waals surface area contributed by atoms with Gasteiger partial charge in [-0.1, -0.05) is 27.3 Å². The van der Waals surface area contributed by atoms with Crippen LogP contribution in [0.1, 0.15) is 0 Å². The molecular weight excluding hydrogens is 267 g/mol. The minimum absolute atomic E-state index is 0.0647. The Kier molecular flexibility index (Phi) is 12.4. The summed E-state index contributed by atoms with van der Waals surface area (Å²) < 4.78 is 0. The summed E-state index contributed by atoms with van der Waals surface area (Å²) in [7, 11) is 40.9. The van der Waals surface area contributed by atoms with Gasteiger partial charge in [0.1, 0.15) is 0 Å². The van der Waals surface area contributed by atoms with E-state index >= 15 is 0 Å². The van der Waals surface area contributed by atoms with Crippen molar-refractivity contribution in [2.75, 3.05) is 0 Å². The first-order valence-corrected chi connectivity index (χ1v) is 9.13. The van der Waals surface area contributed by atoms with E-state index in [1.807, 2.05) is 20.8 Å². The van der Waals surface area contributed by atoms with Gasteiger partial charge in [-0.05, 0) is 0 Å². The fourth-order valence-corrected chi connectivity index (χ4v) is 4.12. The van der Waals surface area contributed by atoms with Gasteiger partial charge in [0.05, 0.1) is 20.4 Å². The molecule has 0 fully saturated rings. The van der Waals surface area contributed by atoms with Crippen LogP contribution in [0.4, 0.5) is 0 Å². The first kappa shape index (κ1) is 25.2. The van der Waals surface area contributed by atoms with Crippen LogP contribution in [-0.4, -0.2) is 125 Å². The van der Waals surface area contributed by atoms with E-state index in [4.69, 9.17) is 46.4 Å². The number of hydrogen-bond acceptors (Lipinski definition) is 0. The molecule has 0 unspecified atom stereocenters. The molecule has 0 aromatic carbocycles. The van der Waals surface area contributed by atoms with Crippen molar-refractivity contribution in [1.29, 1.82) is 0 Å². The van der Waals surface area contributed by atoms with Gasteiger partial charge in [-0.3, -0.25) is 0 Å². The topological polar surface area (TPSA) is 0 Å². The Bertz CT molecular complexity index is 293. The fourth-order valence-electron chi connectivity index (χ4n) is 4.12. The molecule has 0 aromatic heterocycles. The molecule has 0 nitrogen and oxygen atoms in total. The molecular formula is C6H18B18. The van der Waals surface area contributed by atoms with Crippen molar-refractivity contribution in [2.45, 2.75) is 40.9 Å². The van der Waals surface area contributed by atoms with Gasteiger partial charge in [0.15, 0.2) is 0 Å². The van der Waals surface area contributed by atoms with Crippen molar-refractivity contribution in [2.24, 2.45) is 0 Å². The number of rotatable bonds is 11. The van der Waals surface area contributed by atoms with E-state index in [9.17, 15) is 0 Å². The van der Waals surface area contributed by atoms with E-state index in [-0.39, 0.29) is 32.0 Å². The van der Waals surface area contributed by atoms with Crippen molar-refractivity contribution < 1.29 is 0 Å². The lowest BCUT2D eigenvalue weighted by Crippen LogP contribution is -2.77. The molecule has 24 heavy (non-hydrogen) atoms. The summed E-state index contributed by atoms with van der Waals surface area (Å²) in [4.78, 5) is 0. The highest BCUT2D eigenvalue weighted by molar-refractivity contribution is 8.12. The molecule has 0 bridgehead atoms. The van der Waals surface area contributed by atoms with Gasteiger partial charge in [0.2, 0.25) is 0 Å². The molecule has 0 aromatic rings. The maximum absolute atomic E-state index is 6.26. The average Bonchev–Trinajstić information content (AvgIpc) is 2.41. The third kappa shape index (κ3) is 7.42. The van der Waals surface area contributed by atoms with Crippen LogP contribution in [0.5, 0.6) is 0 Å². The Morgan fingerprint density at radius 3 is 1.33 bits per heavy atom. The normalized spacial score (nSPS) is 9.42. The zero-order valence-electron chi connectivity index (χ0n) is 16.4. The van der Waals surface area contributed by atoms with E-state index in [1.165, 1.54) is 0 Å². The molecule has 0 aliphatic carbocycles. The molecule has 0 aliphatic rings. The molecule has 0 rings (SSSR count). The lowest BCUT2D eigenvalue weighted by Gasteiger charge is -2.39. The summed E-state index contributed by atoms with van der Waals surface area (Å²) >= 11 is 0. The smallest absolute Gasteiger partial charge is 0.0850 e. The van der Waals surface area contributed by atoms with E-state index in [1.54, 1.807) is 0 Å². The maximum atomic E-state index is 6.26. The van der Waals surface area contributed by atoms with Gasteiger partial charge >= 0.3 is 0 Å². The molecule has 0 N–H and O–H groups in total. The van der Waals surface area contributed by atoms with Gasteiger partial charge in [-0.25, -0.2) is 0 Å². The first-order chi connectivity index (χ1) is 10.9. The molecule has 0 saturated heterocycles. The summed E-state index contributed by atoms with van der Waals surface area (Å²) in [6, 6.07) is 0. The van der Waals surface area contributed by atoms with E-state index in [0.29, 0.717) is 19.6 Å². The predicted molar refractivity (Wildman–Crippen MR) is 139 cm³/mol. The quantitative estimate of drug-likeness (QED) is 0.348. The van der Waals surface area contributed by atoms with Gasteiger partial charge in [0.25, 0.3) is 0 Å². The summed E-state index contributed by atoms with van der Waals surface area (Å²) in [6.45, 7) is 13.5. The SMILES string of the molecule is [B]B([B])B([B]B(B(B([B])[B])B([B])C)B(B(C)C)B(C)C)B([B])[B]C. The average molecular weight is 285 g/mol. The second-order valence-corrected chi connectivity index (χ2v) is 7.91. The second-order valence-electron chi connectivity index (χ2n) is 7.91. The minimum atomic E-state index is -0.540. The first-order valence-electron chi connectivity index (χ1n) is 9.13. The monoisotopic (exact) mass is 288 g/mol. The highest BCUT2D eigenvalue weighted by Crippen LogP contribution is 2.09. The van der Waals surface area contributed by atoms with Crippen LogP contribution in [0.2, 0.25) is 40.9 Å². The third-order valence-electron chi connectivity index (χ3n) is 5.20. The fraction of sp³-hybridized carbons (Fsp3) is 1.00. The van der Waals surface area contributed by atoms with Crippen LogP contribution >= 0.6 is 0 Å². The lowest BCUT2D eigenvalue weighted by molar-refractivity contribution is 2.05. The van der Waals surface area contributed by atoms with Crippen molar-refractivity contribution >= 4 is 125 Å². The van der Waals surface area contributed by atoms with Crippen LogP contribution in [0.3, 0.4) is 0 Å². The Morgan fingerprint density at radius 2 is 1.08 bits per heavy atom. The summed E-state index contributed by atoms with van der Waals surface area (Å²) in [5.41, 5.74) is 0. The summed E-state index contributed by atoms with van der Waals surface area (Å²) in [6.07, 6.45) is -1.03. The summed E-state index contributed by atoms with van der Waals surface area (Å²) in [5.74, 6) is 0. The Balaban J connectivity index is 5.83. The van der Waals surface area contributed by atoms with Crippen LogP contribution in [-0.2, 0) is 0 Å². The molecule has 14 radical (unpaired) electrons. The molecule has 18 heteroatoms. The lowest BCUT2D eigenvalue weighted by atomic mass is 8.44. The Hall–Kier alpha value is 1.17. The molecule has 0 heterocycles. The van der Waals surface area contributed by atoms with Crippen LogP contribution in [0.25, 0.3) is 0 Å². The van der Waals surface area contributed by atoms with Gasteiger partial charge < -0.3 is 0 Å². The van der Waals surface area contributed by atoms with E-state index in [2.05, 4.69) is 34.4 Å². The van der Waals surface area contributed by atoms with Gasteiger partial charge in [-0.15, -0.1) is 13.6 Å². The van der Waals surface area contributed by atoms with Crippen LogP contribution in [0, 0.1) is 0 Å². The molecule has 0 atom stereocenters. The van der Waals surface area contributed by atoms with Crippen molar-refractivity contribution in [1.82, 2.24) is 0 Å².